The van der Waals surface area contributed by atoms with E-state index in [0.717, 1.165) is 22.4 Å². The van der Waals surface area contributed by atoms with Gasteiger partial charge in [-0.15, -0.1) is 0 Å². The lowest BCUT2D eigenvalue weighted by Crippen LogP contribution is -1.97. The summed E-state index contributed by atoms with van der Waals surface area (Å²) in [5.74, 6) is 6.72. The Morgan fingerprint density at radius 2 is 2.05 bits per heavy atom. The molecule has 0 aliphatic rings. The molecule has 0 aromatic heterocycles. The highest BCUT2D eigenvalue weighted by Crippen LogP contribution is 2.23. The van der Waals surface area contributed by atoms with Crippen LogP contribution in [-0.4, -0.2) is 11.7 Å². The Morgan fingerprint density at radius 3 is 2.86 bits per heavy atom. The molecule has 0 saturated carbocycles. The Morgan fingerprint density at radius 1 is 1.19 bits per heavy atom. The summed E-state index contributed by atoms with van der Waals surface area (Å²) in [7, 11) is 0. The van der Waals surface area contributed by atoms with E-state index in [4.69, 9.17) is 21.4 Å². The number of aliphatic hydroxyl groups is 1. The van der Waals surface area contributed by atoms with Crippen molar-refractivity contribution in [1.82, 2.24) is 0 Å². The van der Waals surface area contributed by atoms with Crippen LogP contribution in [-0.2, 0) is 6.61 Å². The molecular weight excluding hydrogens is 284 g/mol. The van der Waals surface area contributed by atoms with Gasteiger partial charge in [0.25, 0.3) is 0 Å². The molecule has 21 heavy (non-hydrogen) atoms. The van der Waals surface area contributed by atoms with Gasteiger partial charge in [0.05, 0.1) is 6.61 Å². The van der Waals surface area contributed by atoms with Crippen molar-refractivity contribution in [2.75, 3.05) is 6.61 Å². The van der Waals surface area contributed by atoms with Crippen molar-refractivity contribution in [3.63, 3.8) is 0 Å². The predicted octanol–water partition coefficient (Wildman–Crippen LogP) is 3.96. The van der Waals surface area contributed by atoms with Crippen LogP contribution in [0.25, 0.3) is 0 Å². The van der Waals surface area contributed by atoms with Gasteiger partial charge in [0, 0.05) is 17.0 Å². The van der Waals surface area contributed by atoms with Crippen LogP contribution in [0.1, 0.15) is 23.1 Å². The summed E-state index contributed by atoms with van der Waals surface area (Å²) in [5.41, 5.74) is 3.02. The Bertz CT molecular complexity index is 668. The fourth-order valence-electron chi connectivity index (χ4n) is 1.85. The van der Waals surface area contributed by atoms with E-state index in [-0.39, 0.29) is 6.61 Å². The van der Waals surface area contributed by atoms with Crippen LogP contribution in [0.3, 0.4) is 0 Å². The zero-order valence-corrected chi connectivity index (χ0v) is 12.7. The Kier molecular flexibility index (Phi) is 5.68. The average molecular weight is 301 g/mol. The maximum atomic E-state index is 8.72. The number of benzene rings is 2. The van der Waals surface area contributed by atoms with Crippen molar-refractivity contribution in [3.8, 4) is 17.6 Å². The Balaban J connectivity index is 2.05. The normalized spacial score (nSPS) is 9.86. The Hall–Kier alpha value is -1.95. The van der Waals surface area contributed by atoms with Gasteiger partial charge in [-0.25, -0.2) is 0 Å². The lowest BCUT2D eigenvalue weighted by Gasteiger charge is -2.09. The molecule has 3 heteroatoms. The SMILES string of the molecule is Cc1ccc(Cl)cc1OCc1cccc(C#CCCO)c1. The summed E-state index contributed by atoms with van der Waals surface area (Å²) in [6.07, 6.45) is 0.489. The van der Waals surface area contributed by atoms with Gasteiger partial charge in [-0.1, -0.05) is 41.6 Å². The molecule has 0 fully saturated rings. The second-order valence-corrected chi connectivity index (χ2v) is 5.11. The highest BCUT2D eigenvalue weighted by atomic mass is 35.5. The monoisotopic (exact) mass is 300 g/mol. The van der Waals surface area contributed by atoms with Gasteiger partial charge in [0.15, 0.2) is 0 Å². The van der Waals surface area contributed by atoms with E-state index in [1.807, 2.05) is 49.4 Å². The predicted molar refractivity (Wildman–Crippen MR) is 85.5 cm³/mol. The lowest BCUT2D eigenvalue weighted by molar-refractivity contribution is 0.304. The zero-order chi connectivity index (χ0) is 15.1. The summed E-state index contributed by atoms with van der Waals surface area (Å²) in [6, 6.07) is 13.5. The maximum Gasteiger partial charge on any atom is 0.124 e. The molecule has 0 bridgehead atoms. The third kappa shape index (κ3) is 4.82. The molecule has 0 radical (unpaired) electrons. The molecule has 108 valence electrons. The molecule has 2 aromatic rings. The molecule has 2 aromatic carbocycles. The van der Waals surface area contributed by atoms with Crippen molar-refractivity contribution in [2.24, 2.45) is 0 Å². The number of aryl methyl sites for hydroxylation is 1. The second kappa shape index (κ2) is 7.73. The van der Waals surface area contributed by atoms with Gasteiger partial charge in [0.1, 0.15) is 12.4 Å². The van der Waals surface area contributed by atoms with Crippen LogP contribution in [0.15, 0.2) is 42.5 Å². The van der Waals surface area contributed by atoms with Crippen molar-refractivity contribution in [2.45, 2.75) is 20.0 Å². The fourth-order valence-corrected chi connectivity index (χ4v) is 2.01. The van der Waals surface area contributed by atoms with Gasteiger partial charge in [0.2, 0.25) is 0 Å². The maximum absolute atomic E-state index is 8.72. The molecule has 0 atom stereocenters. The van der Waals surface area contributed by atoms with E-state index >= 15 is 0 Å². The third-order valence-corrected chi connectivity index (χ3v) is 3.18. The van der Waals surface area contributed by atoms with Gasteiger partial charge >= 0.3 is 0 Å². The first kappa shape index (κ1) is 15.4. The summed E-state index contributed by atoms with van der Waals surface area (Å²) in [6.45, 7) is 2.54. The van der Waals surface area contributed by atoms with Crippen LogP contribution in [0.2, 0.25) is 5.02 Å². The van der Waals surface area contributed by atoms with Crippen LogP contribution in [0.5, 0.6) is 5.75 Å². The van der Waals surface area contributed by atoms with Crippen LogP contribution in [0.4, 0.5) is 0 Å². The van der Waals surface area contributed by atoms with Crippen molar-refractivity contribution >= 4 is 11.6 Å². The highest BCUT2D eigenvalue weighted by molar-refractivity contribution is 6.30. The number of aliphatic hydroxyl groups excluding tert-OH is 1. The van der Waals surface area contributed by atoms with Crippen LogP contribution < -0.4 is 4.74 Å². The standard InChI is InChI=1S/C18H17ClO2/c1-14-8-9-17(19)12-18(14)21-13-16-7-4-6-15(11-16)5-2-3-10-20/h4,6-9,11-12,20H,3,10,13H2,1H3. The van der Waals surface area contributed by atoms with E-state index in [1.165, 1.54) is 0 Å². The highest BCUT2D eigenvalue weighted by Gasteiger charge is 2.02. The van der Waals surface area contributed by atoms with Gasteiger partial charge < -0.3 is 9.84 Å². The molecule has 2 nitrogen and oxygen atoms in total. The number of hydrogen-bond donors (Lipinski definition) is 1. The molecule has 0 spiro atoms. The molecule has 1 N–H and O–H groups in total. The number of ether oxygens (including phenoxy) is 1. The number of hydrogen-bond acceptors (Lipinski definition) is 2. The van der Waals surface area contributed by atoms with E-state index in [1.54, 1.807) is 0 Å². The Labute approximate surface area is 130 Å². The van der Waals surface area contributed by atoms with Crippen molar-refractivity contribution in [1.29, 1.82) is 0 Å². The van der Waals surface area contributed by atoms with E-state index in [2.05, 4.69) is 11.8 Å². The smallest absolute Gasteiger partial charge is 0.124 e. The quantitative estimate of drug-likeness (QED) is 0.866. The topological polar surface area (TPSA) is 29.5 Å². The first-order valence-electron chi connectivity index (χ1n) is 6.76. The first-order chi connectivity index (χ1) is 10.2. The fraction of sp³-hybridized carbons (Fsp3) is 0.222. The average Bonchev–Trinajstić information content (AvgIpc) is 2.49. The molecule has 0 heterocycles. The lowest BCUT2D eigenvalue weighted by atomic mass is 10.1. The van der Waals surface area contributed by atoms with Gasteiger partial charge in [-0.3, -0.25) is 0 Å². The summed E-state index contributed by atoms with van der Waals surface area (Å²) in [5, 5.41) is 9.39. The largest absolute Gasteiger partial charge is 0.489 e. The molecule has 0 saturated heterocycles. The minimum Gasteiger partial charge on any atom is -0.489 e. The van der Waals surface area contributed by atoms with Crippen LogP contribution >= 0.6 is 11.6 Å². The molecule has 2 rings (SSSR count). The number of rotatable bonds is 4. The summed E-state index contributed by atoms with van der Waals surface area (Å²) < 4.78 is 5.81. The molecule has 0 unspecified atom stereocenters. The number of halogens is 1. The summed E-state index contributed by atoms with van der Waals surface area (Å²) >= 11 is 5.98. The van der Waals surface area contributed by atoms with Crippen molar-refractivity contribution in [3.05, 3.63) is 64.2 Å². The van der Waals surface area contributed by atoms with Gasteiger partial charge in [-0.2, -0.15) is 0 Å². The van der Waals surface area contributed by atoms with Crippen LogP contribution in [0, 0.1) is 18.8 Å². The third-order valence-electron chi connectivity index (χ3n) is 2.94. The molecule has 0 aliphatic carbocycles. The van der Waals surface area contributed by atoms with E-state index in [0.29, 0.717) is 18.1 Å². The van der Waals surface area contributed by atoms with Gasteiger partial charge in [-0.05, 0) is 42.3 Å². The minimum atomic E-state index is 0.0871. The van der Waals surface area contributed by atoms with E-state index < -0.39 is 0 Å². The second-order valence-electron chi connectivity index (χ2n) is 4.67. The molecule has 0 amide bonds. The molecule has 0 aliphatic heterocycles. The molecular formula is C18H17ClO2. The first-order valence-corrected chi connectivity index (χ1v) is 7.14. The zero-order valence-electron chi connectivity index (χ0n) is 11.9. The van der Waals surface area contributed by atoms with E-state index in [9.17, 15) is 0 Å². The minimum absolute atomic E-state index is 0.0871. The summed E-state index contributed by atoms with van der Waals surface area (Å²) in [4.78, 5) is 0. The van der Waals surface area contributed by atoms with Crippen molar-refractivity contribution < 1.29 is 9.84 Å².